The highest BCUT2D eigenvalue weighted by Gasteiger charge is 2.25. The van der Waals surface area contributed by atoms with Gasteiger partial charge < -0.3 is 9.80 Å². The number of para-hydroxylation sites is 1. The number of hydrogen-bond donors (Lipinski definition) is 0. The Hall–Kier alpha value is -3.87. The Labute approximate surface area is 186 Å². The highest BCUT2D eigenvalue weighted by molar-refractivity contribution is 6.07. The van der Waals surface area contributed by atoms with Crippen molar-refractivity contribution in [3.05, 3.63) is 78.0 Å². The van der Waals surface area contributed by atoms with Crippen molar-refractivity contribution >= 4 is 22.6 Å². The molecule has 4 heterocycles. The largest absolute Gasteiger partial charge is 0.353 e. The molecule has 1 aromatic carbocycles. The maximum atomic E-state index is 13.6. The molecule has 5 rings (SSSR count). The number of anilines is 1. The molecule has 0 unspecified atom stereocenters. The molecule has 0 bridgehead atoms. The van der Waals surface area contributed by atoms with Crippen molar-refractivity contribution in [2.45, 2.75) is 13.8 Å². The molecule has 4 aromatic rings. The third kappa shape index (κ3) is 3.89. The topological polar surface area (TPSA) is 75.1 Å². The molecule has 1 aliphatic rings. The number of carbonyl (C=O) groups is 1. The average Bonchev–Trinajstić information content (AvgIpc) is 2.83. The zero-order valence-corrected chi connectivity index (χ0v) is 18.2. The number of carbonyl (C=O) groups excluding carboxylic acids is 1. The van der Waals surface area contributed by atoms with Gasteiger partial charge in [0.05, 0.1) is 16.8 Å². The van der Waals surface area contributed by atoms with Crippen LogP contribution in [0.3, 0.4) is 0 Å². The normalized spacial score (nSPS) is 14.1. The molecule has 1 fully saturated rings. The van der Waals surface area contributed by atoms with Crippen molar-refractivity contribution in [1.29, 1.82) is 0 Å². The summed E-state index contributed by atoms with van der Waals surface area (Å²) in [6, 6.07) is 15.5. The lowest BCUT2D eigenvalue weighted by Crippen LogP contribution is -2.49. The summed E-state index contributed by atoms with van der Waals surface area (Å²) in [6.07, 6.45) is 3.51. The minimum Gasteiger partial charge on any atom is -0.353 e. The fourth-order valence-electron chi connectivity index (χ4n) is 4.18. The van der Waals surface area contributed by atoms with E-state index in [4.69, 9.17) is 4.98 Å². The third-order valence-electron chi connectivity index (χ3n) is 5.75. The van der Waals surface area contributed by atoms with E-state index < -0.39 is 0 Å². The van der Waals surface area contributed by atoms with E-state index in [1.807, 2.05) is 67.3 Å². The van der Waals surface area contributed by atoms with Crippen LogP contribution in [0.2, 0.25) is 0 Å². The quantitative estimate of drug-likeness (QED) is 0.500. The summed E-state index contributed by atoms with van der Waals surface area (Å²) in [4.78, 5) is 35.6. The van der Waals surface area contributed by atoms with Crippen LogP contribution in [-0.4, -0.2) is 56.9 Å². The van der Waals surface area contributed by atoms with E-state index in [0.717, 1.165) is 52.6 Å². The second-order valence-corrected chi connectivity index (χ2v) is 8.01. The average molecular weight is 425 g/mol. The number of aryl methyl sites for hydroxylation is 2. The van der Waals surface area contributed by atoms with Crippen LogP contribution in [-0.2, 0) is 0 Å². The molecule has 0 aliphatic carbocycles. The number of nitrogens with zero attached hydrogens (tertiary/aromatic N) is 6. The molecule has 160 valence electrons. The Bertz CT molecular complexity index is 1260. The van der Waals surface area contributed by atoms with E-state index in [1.54, 1.807) is 12.4 Å². The summed E-state index contributed by atoms with van der Waals surface area (Å²) in [6.45, 7) is 6.64. The molecule has 3 aromatic heterocycles. The van der Waals surface area contributed by atoms with Crippen LogP contribution < -0.4 is 4.90 Å². The second-order valence-electron chi connectivity index (χ2n) is 8.01. The van der Waals surface area contributed by atoms with Crippen LogP contribution in [0.1, 0.15) is 21.9 Å². The zero-order valence-electron chi connectivity index (χ0n) is 18.2. The maximum absolute atomic E-state index is 13.6. The molecule has 0 saturated carbocycles. The van der Waals surface area contributed by atoms with Gasteiger partial charge in [-0.15, -0.1) is 0 Å². The second kappa shape index (κ2) is 8.34. The first-order valence-corrected chi connectivity index (χ1v) is 10.8. The Morgan fingerprint density at radius 2 is 1.72 bits per heavy atom. The van der Waals surface area contributed by atoms with E-state index in [0.29, 0.717) is 18.7 Å². The summed E-state index contributed by atoms with van der Waals surface area (Å²) >= 11 is 0. The number of amides is 1. The molecule has 1 amide bonds. The van der Waals surface area contributed by atoms with Crippen LogP contribution in [0.25, 0.3) is 22.2 Å². The van der Waals surface area contributed by atoms with E-state index in [-0.39, 0.29) is 5.91 Å². The number of benzene rings is 1. The fourth-order valence-corrected chi connectivity index (χ4v) is 4.18. The summed E-state index contributed by atoms with van der Waals surface area (Å²) in [5.41, 5.74) is 4.09. The fraction of sp³-hybridized carbons (Fsp3) is 0.240. The minimum absolute atomic E-state index is 0.0310. The standard InChI is InChI=1S/C25H24N6O/c1-17-14-24(28-18(2)27-17)30-10-12-31(13-11-30)25(32)21-15-23(19-6-5-9-26-16-19)29-22-8-4-3-7-20(21)22/h3-9,14-16H,10-13H2,1-2H3. The lowest BCUT2D eigenvalue weighted by Gasteiger charge is -2.35. The first kappa shape index (κ1) is 20.1. The predicted molar refractivity (Wildman–Crippen MR) is 125 cm³/mol. The highest BCUT2D eigenvalue weighted by atomic mass is 16.2. The molecule has 32 heavy (non-hydrogen) atoms. The van der Waals surface area contributed by atoms with E-state index in [9.17, 15) is 4.79 Å². The summed E-state index contributed by atoms with van der Waals surface area (Å²) < 4.78 is 0. The third-order valence-corrected chi connectivity index (χ3v) is 5.75. The first-order chi connectivity index (χ1) is 15.6. The van der Waals surface area contributed by atoms with Crippen LogP contribution in [0, 0.1) is 13.8 Å². The minimum atomic E-state index is 0.0310. The van der Waals surface area contributed by atoms with Crippen LogP contribution in [0.5, 0.6) is 0 Å². The molecular formula is C25H24N6O. The van der Waals surface area contributed by atoms with Crippen molar-refractivity contribution in [3.63, 3.8) is 0 Å². The van der Waals surface area contributed by atoms with Gasteiger partial charge in [-0.25, -0.2) is 15.0 Å². The number of pyridine rings is 2. The summed E-state index contributed by atoms with van der Waals surface area (Å²) in [7, 11) is 0. The van der Waals surface area contributed by atoms with Crippen molar-refractivity contribution in [3.8, 4) is 11.3 Å². The van der Waals surface area contributed by atoms with Gasteiger partial charge in [-0.2, -0.15) is 0 Å². The predicted octanol–water partition coefficient (Wildman–Crippen LogP) is 3.67. The molecular weight excluding hydrogens is 400 g/mol. The Morgan fingerprint density at radius 3 is 2.47 bits per heavy atom. The van der Waals surface area contributed by atoms with Gasteiger partial charge in [-0.05, 0) is 38.1 Å². The molecule has 1 saturated heterocycles. The maximum Gasteiger partial charge on any atom is 0.254 e. The summed E-state index contributed by atoms with van der Waals surface area (Å²) in [5, 5.41) is 0.870. The molecule has 0 N–H and O–H groups in total. The van der Waals surface area contributed by atoms with Crippen LogP contribution in [0.15, 0.2) is 60.9 Å². The molecule has 7 nitrogen and oxygen atoms in total. The molecule has 0 atom stereocenters. The Kier molecular flexibility index (Phi) is 5.23. The molecule has 7 heteroatoms. The first-order valence-electron chi connectivity index (χ1n) is 10.8. The Balaban J connectivity index is 1.43. The van der Waals surface area contributed by atoms with Crippen LogP contribution in [0.4, 0.5) is 5.82 Å². The van der Waals surface area contributed by atoms with Gasteiger partial charge in [0, 0.05) is 61.3 Å². The van der Waals surface area contributed by atoms with Crippen molar-refractivity contribution in [1.82, 2.24) is 24.8 Å². The molecule has 0 radical (unpaired) electrons. The number of aromatic nitrogens is 4. The van der Waals surface area contributed by atoms with Gasteiger partial charge >= 0.3 is 0 Å². The van der Waals surface area contributed by atoms with Crippen LogP contribution >= 0.6 is 0 Å². The lowest BCUT2D eigenvalue weighted by atomic mass is 10.0. The van der Waals surface area contributed by atoms with E-state index in [2.05, 4.69) is 19.9 Å². The van der Waals surface area contributed by atoms with Gasteiger partial charge in [0.2, 0.25) is 0 Å². The number of rotatable bonds is 3. The molecule has 1 aliphatic heterocycles. The van der Waals surface area contributed by atoms with Crippen molar-refractivity contribution < 1.29 is 4.79 Å². The molecule has 0 spiro atoms. The summed E-state index contributed by atoms with van der Waals surface area (Å²) in [5.74, 6) is 1.73. The van der Waals surface area contributed by atoms with E-state index in [1.165, 1.54) is 0 Å². The number of piperazine rings is 1. The SMILES string of the molecule is Cc1cc(N2CCN(C(=O)c3cc(-c4cccnc4)nc4ccccc34)CC2)nc(C)n1. The smallest absolute Gasteiger partial charge is 0.254 e. The van der Waals surface area contributed by atoms with Crippen molar-refractivity contribution in [2.75, 3.05) is 31.1 Å². The highest BCUT2D eigenvalue weighted by Crippen LogP contribution is 2.26. The van der Waals surface area contributed by atoms with Gasteiger partial charge in [0.25, 0.3) is 5.91 Å². The van der Waals surface area contributed by atoms with Gasteiger partial charge in [0.15, 0.2) is 0 Å². The van der Waals surface area contributed by atoms with Gasteiger partial charge in [-0.3, -0.25) is 9.78 Å². The van der Waals surface area contributed by atoms with Gasteiger partial charge in [-0.1, -0.05) is 18.2 Å². The van der Waals surface area contributed by atoms with Crippen molar-refractivity contribution in [2.24, 2.45) is 0 Å². The zero-order chi connectivity index (χ0) is 22.1. The number of hydrogen-bond acceptors (Lipinski definition) is 6. The van der Waals surface area contributed by atoms with E-state index >= 15 is 0 Å². The van der Waals surface area contributed by atoms with Gasteiger partial charge in [0.1, 0.15) is 11.6 Å². The number of fused-ring (bicyclic) bond motifs is 1. The monoisotopic (exact) mass is 424 g/mol. The lowest BCUT2D eigenvalue weighted by molar-refractivity contribution is 0.0748. The Morgan fingerprint density at radius 1 is 0.906 bits per heavy atom.